The standard InChI is InChI=1S/C16H16O2/c1-2-3-4-5-6-10-14-12-13-9-7-8-11-15(13)16(17)18-14/h7-9,11-12H,2-5H2,1H3. The highest BCUT2D eigenvalue weighted by molar-refractivity contribution is 5.81. The Hall–Kier alpha value is -2.01. The third-order valence-electron chi connectivity index (χ3n) is 2.79. The molecule has 0 aliphatic rings. The van der Waals surface area contributed by atoms with Gasteiger partial charge in [-0.15, -0.1) is 0 Å². The summed E-state index contributed by atoms with van der Waals surface area (Å²) in [5.74, 6) is 6.42. The summed E-state index contributed by atoms with van der Waals surface area (Å²) in [5.41, 5.74) is -0.314. The number of benzene rings is 1. The molecule has 0 unspecified atom stereocenters. The second-order valence-electron chi connectivity index (χ2n) is 4.24. The van der Waals surface area contributed by atoms with Crippen LogP contribution in [0.3, 0.4) is 0 Å². The van der Waals surface area contributed by atoms with Crippen LogP contribution in [0, 0.1) is 11.8 Å². The lowest BCUT2D eigenvalue weighted by Gasteiger charge is -1.95. The molecule has 0 N–H and O–H groups in total. The van der Waals surface area contributed by atoms with Crippen molar-refractivity contribution in [2.45, 2.75) is 32.6 Å². The molecule has 0 fully saturated rings. The molecule has 1 aromatic heterocycles. The van der Waals surface area contributed by atoms with Crippen molar-refractivity contribution in [1.82, 2.24) is 0 Å². The average Bonchev–Trinajstić information content (AvgIpc) is 2.39. The minimum absolute atomic E-state index is 0.314. The lowest BCUT2D eigenvalue weighted by Crippen LogP contribution is -2.00. The van der Waals surface area contributed by atoms with Crippen molar-refractivity contribution < 1.29 is 4.42 Å². The van der Waals surface area contributed by atoms with Gasteiger partial charge in [-0.3, -0.25) is 0 Å². The van der Waals surface area contributed by atoms with E-state index in [2.05, 4.69) is 18.8 Å². The van der Waals surface area contributed by atoms with Gasteiger partial charge in [0.15, 0.2) is 5.76 Å². The van der Waals surface area contributed by atoms with Crippen molar-refractivity contribution in [3.05, 3.63) is 46.5 Å². The lowest BCUT2D eigenvalue weighted by atomic mass is 10.1. The van der Waals surface area contributed by atoms with Gasteiger partial charge in [-0.2, -0.15) is 0 Å². The largest absolute Gasteiger partial charge is 0.414 e. The van der Waals surface area contributed by atoms with Gasteiger partial charge in [-0.05, 0) is 29.9 Å². The van der Waals surface area contributed by atoms with Gasteiger partial charge in [0.2, 0.25) is 0 Å². The molecule has 0 atom stereocenters. The molecule has 2 heteroatoms. The molecule has 2 aromatic rings. The highest BCUT2D eigenvalue weighted by Crippen LogP contribution is 2.10. The lowest BCUT2D eigenvalue weighted by molar-refractivity contribution is 0.507. The summed E-state index contributed by atoms with van der Waals surface area (Å²) in [6.07, 6.45) is 4.33. The van der Waals surface area contributed by atoms with E-state index < -0.39 is 0 Å². The molecule has 1 heterocycles. The van der Waals surface area contributed by atoms with Gasteiger partial charge in [0.1, 0.15) is 0 Å². The topological polar surface area (TPSA) is 30.2 Å². The molecule has 0 spiro atoms. The van der Waals surface area contributed by atoms with Gasteiger partial charge in [-0.1, -0.05) is 43.9 Å². The Bertz CT molecular complexity index is 641. The van der Waals surface area contributed by atoms with E-state index in [1.165, 1.54) is 12.8 Å². The Kier molecular flexibility index (Phi) is 4.20. The van der Waals surface area contributed by atoms with Crippen LogP contribution in [-0.2, 0) is 0 Å². The van der Waals surface area contributed by atoms with Crippen molar-refractivity contribution in [2.75, 3.05) is 0 Å². The van der Waals surface area contributed by atoms with Crippen molar-refractivity contribution in [3.8, 4) is 11.8 Å². The molecule has 0 aliphatic carbocycles. The van der Waals surface area contributed by atoms with Crippen LogP contribution in [0.1, 0.15) is 38.4 Å². The fraction of sp³-hybridized carbons (Fsp3) is 0.312. The molecular weight excluding hydrogens is 224 g/mol. The average molecular weight is 240 g/mol. The molecule has 2 rings (SSSR count). The van der Waals surface area contributed by atoms with E-state index in [4.69, 9.17) is 4.42 Å². The van der Waals surface area contributed by atoms with Crippen molar-refractivity contribution in [2.24, 2.45) is 0 Å². The number of rotatable bonds is 3. The third-order valence-corrected chi connectivity index (χ3v) is 2.79. The maximum atomic E-state index is 11.7. The van der Waals surface area contributed by atoms with Gasteiger partial charge < -0.3 is 4.42 Å². The summed E-state index contributed by atoms with van der Waals surface area (Å²) >= 11 is 0. The summed E-state index contributed by atoms with van der Waals surface area (Å²) in [4.78, 5) is 11.7. The Balaban J connectivity index is 2.22. The van der Waals surface area contributed by atoms with Gasteiger partial charge in [-0.25, -0.2) is 4.79 Å². The maximum Gasteiger partial charge on any atom is 0.344 e. The quantitative estimate of drug-likeness (QED) is 0.604. The zero-order chi connectivity index (χ0) is 12.8. The van der Waals surface area contributed by atoms with E-state index in [9.17, 15) is 4.79 Å². The minimum Gasteiger partial charge on any atom is -0.414 e. The Morgan fingerprint density at radius 1 is 1.22 bits per heavy atom. The van der Waals surface area contributed by atoms with Crippen LogP contribution in [0.2, 0.25) is 0 Å². The highest BCUT2D eigenvalue weighted by atomic mass is 16.4. The van der Waals surface area contributed by atoms with Crippen LogP contribution in [0.15, 0.2) is 39.5 Å². The molecule has 0 saturated carbocycles. The summed E-state index contributed by atoms with van der Waals surface area (Å²) in [7, 11) is 0. The van der Waals surface area contributed by atoms with E-state index in [-0.39, 0.29) is 5.63 Å². The molecular formula is C16H16O2. The maximum absolute atomic E-state index is 11.7. The predicted molar refractivity (Wildman–Crippen MR) is 73.5 cm³/mol. The first-order valence-corrected chi connectivity index (χ1v) is 6.33. The summed E-state index contributed by atoms with van der Waals surface area (Å²) in [6, 6.07) is 9.22. The number of hydrogen-bond acceptors (Lipinski definition) is 2. The van der Waals surface area contributed by atoms with Crippen LogP contribution in [-0.4, -0.2) is 0 Å². The van der Waals surface area contributed by atoms with Gasteiger partial charge in [0.25, 0.3) is 0 Å². The van der Waals surface area contributed by atoms with E-state index in [1.807, 2.05) is 24.3 Å². The van der Waals surface area contributed by atoms with Crippen molar-refractivity contribution in [1.29, 1.82) is 0 Å². The first-order valence-electron chi connectivity index (χ1n) is 6.33. The van der Waals surface area contributed by atoms with E-state index in [0.717, 1.165) is 18.2 Å². The normalized spacial score (nSPS) is 10.1. The van der Waals surface area contributed by atoms with Crippen LogP contribution in [0.5, 0.6) is 0 Å². The van der Waals surface area contributed by atoms with Crippen LogP contribution >= 0.6 is 0 Å². The fourth-order valence-electron chi connectivity index (χ4n) is 1.81. The van der Waals surface area contributed by atoms with Gasteiger partial charge in [0, 0.05) is 6.42 Å². The van der Waals surface area contributed by atoms with E-state index in [0.29, 0.717) is 11.1 Å². The first-order chi connectivity index (χ1) is 8.81. The zero-order valence-corrected chi connectivity index (χ0v) is 10.5. The minimum atomic E-state index is -0.314. The van der Waals surface area contributed by atoms with Gasteiger partial charge in [0.05, 0.1) is 5.39 Å². The molecule has 0 saturated heterocycles. The number of unbranched alkanes of at least 4 members (excludes halogenated alkanes) is 3. The van der Waals surface area contributed by atoms with Crippen LogP contribution in [0.25, 0.3) is 10.8 Å². The third kappa shape index (κ3) is 3.01. The molecule has 2 nitrogen and oxygen atoms in total. The second-order valence-corrected chi connectivity index (χ2v) is 4.24. The van der Waals surface area contributed by atoms with E-state index in [1.54, 1.807) is 6.07 Å². The first kappa shape index (κ1) is 12.4. The monoisotopic (exact) mass is 240 g/mol. The van der Waals surface area contributed by atoms with Gasteiger partial charge >= 0.3 is 5.63 Å². The zero-order valence-electron chi connectivity index (χ0n) is 10.5. The number of fused-ring (bicyclic) bond motifs is 1. The molecule has 0 bridgehead atoms. The molecule has 92 valence electrons. The smallest absolute Gasteiger partial charge is 0.344 e. The summed E-state index contributed by atoms with van der Waals surface area (Å²) in [6.45, 7) is 2.16. The Morgan fingerprint density at radius 2 is 2.06 bits per heavy atom. The number of hydrogen-bond donors (Lipinski definition) is 0. The highest BCUT2D eigenvalue weighted by Gasteiger charge is 2.00. The summed E-state index contributed by atoms with van der Waals surface area (Å²) < 4.78 is 5.17. The SMILES string of the molecule is CCCCCC#Cc1cc2ccccc2c(=O)o1. The molecule has 0 amide bonds. The Labute approximate surface area is 107 Å². The molecule has 1 aromatic carbocycles. The fourth-order valence-corrected chi connectivity index (χ4v) is 1.81. The Morgan fingerprint density at radius 3 is 2.89 bits per heavy atom. The predicted octanol–water partition coefficient (Wildman–Crippen LogP) is 3.72. The van der Waals surface area contributed by atoms with E-state index >= 15 is 0 Å². The van der Waals surface area contributed by atoms with Crippen LogP contribution in [0.4, 0.5) is 0 Å². The summed E-state index contributed by atoms with van der Waals surface area (Å²) in [5, 5.41) is 1.49. The molecule has 18 heavy (non-hydrogen) atoms. The molecule has 0 radical (unpaired) electrons. The second kappa shape index (κ2) is 6.07. The molecule has 0 aliphatic heterocycles. The van der Waals surface area contributed by atoms with Crippen molar-refractivity contribution in [3.63, 3.8) is 0 Å². The van der Waals surface area contributed by atoms with Crippen LogP contribution < -0.4 is 5.63 Å². The van der Waals surface area contributed by atoms with Crippen molar-refractivity contribution >= 4 is 10.8 Å².